The Bertz CT molecular complexity index is 418. The van der Waals surface area contributed by atoms with Crippen molar-refractivity contribution >= 4 is 0 Å². The Morgan fingerprint density at radius 2 is 1.65 bits per heavy atom. The van der Waals surface area contributed by atoms with Gasteiger partial charge in [-0.1, -0.05) is 64.8 Å². The lowest BCUT2D eigenvalue weighted by Crippen LogP contribution is -2.41. The zero-order chi connectivity index (χ0) is 14.8. The molecule has 1 aliphatic rings. The third kappa shape index (κ3) is 3.25. The molecule has 0 radical (unpaired) electrons. The van der Waals surface area contributed by atoms with Gasteiger partial charge in [0.15, 0.2) is 0 Å². The van der Waals surface area contributed by atoms with Gasteiger partial charge in [-0.2, -0.15) is 0 Å². The van der Waals surface area contributed by atoms with E-state index in [1.165, 1.54) is 43.2 Å². The molecule has 0 amide bonds. The summed E-state index contributed by atoms with van der Waals surface area (Å²) in [7, 11) is 0. The van der Waals surface area contributed by atoms with E-state index < -0.39 is 0 Å². The highest BCUT2D eigenvalue weighted by Gasteiger charge is 2.37. The minimum Gasteiger partial charge on any atom is -0.327 e. The molecule has 1 unspecified atom stereocenters. The molecule has 1 nitrogen and oxygen atoms in total. The van der Waals surface area contributed by atoms with Gasteiger partial charge in [0.2, 0.25) is 0 Å². The average Bonchev–Trinajstić information content (AvgIpc) is 2.88. The first-order valence-electron chi connectivity index (χ1n) is 8.22. The van der Waals surface area contributed by atoms with Crippen LogP contribution in [0.15, 0.2) is 24.3 Å². The van der Waals surface area contributed by atoms with E-state index in [2.05, 4.69) is 52.0 Å². The molecule has 2 N–H and O–H groups in total. The zero-order valence-corrected chi connectivity index (χ0v) is 13.7. The molecule has 1 saturated carbocycles. The Morgan fingerprint density at radius 1 is 1.10 bits per heavy atom. The van der Waals surface area contributed by atoms with Crippen molar-refractivity contribution in [3.8, 4) is 0 Å². The highest BCUT2D eigenvalue weighted by molar-refractivity contribution is 5.28. The van der Waals surface area contributed by atoms with Crippen molar-refractivity contribution < 1.29 is 0 Å². The molecule has 0 bridgehead atoms. The smallest absolute Gasteiger partial charge is 0.0136 e. The summed E-state index contributed by atoms with van der Waals surface area (Å²) in [5.74, 6) is 0. The molecule has 0 saturated heterocycles. The third-order valence-electron chi connectivity index (χ3n) is 5.37. The van der Waals surface area contributed by atoms with E-state index in [1.54, 1.807) is 0 Å². The summed E-state index contributed by atoms with van der Waals surface area (Å²) >= 11 is 0. The molecular formula is C19H31N. The SMILES string of the molecule is CCC1(C(N)Cc2ccc(C(C)(C)C)cc2)CCCC1. The number of hydrogen-bond acceptors (Lipinski definition) is 1. The van der Waals surface area contributed by atoms with E-state index in [0.717, 1.165) is 6.42 Å². The molecule has 1 atom stereocenters. The third-order valence-corrected chi connectivity index (χ3v) is 5.37. The molecule has 0 spiro atoms. The fraction of sp³-hybridized carbons (Fsp3) is 0.684. The lowest BCUT2D eigenvalue weighted by Gasteiger charge is -2.34. The minimum absolute atomic E-state index is 0.233. The maximum absolute atomic E-state index is 6.58. The maximum atomic E-state index is 6.58. The van der Waals surface area contributed by atoms with E-state index in [-0.39, 0.29) is 5.41 Å². The first kappa shape index (κ1) is 15.6. The molecule has 20 heavy (non-hydrogen) atoms. The molecule has 1 fully saturated rings. The molecule has 1 aromatic carbocycles. The first-order valence-corrected chi connectivity index (χ1v) is 8.22. The second kappa shape index (κ2) is 5.89. The van der Waals surface area contributed by atoms with Crippen molar-refractivity contribution in [2.24, 2.45) is 11.1 Å². The number of nitrogens with two attached hydrogens (primary N) is 1. The standard InChI is InChI=1S/C19H31N/c1-5-19(12-6-7-13-19)17(20)14-15-8-10-16(11-9-15)18(2,3)4/h8-11,17H,5-7,12-14,20H2,1-4H3. The van der Waals surface area contributed by atoms with Crippen LogP contribution in [0.2, 0.25) is 0 Å². The summed E-state index contributed by atoms with van der Waals surface area (Å²) in [4.78, 5) is 0. The van der Waals surface area contributed by atoms with Crippen molar-refractivity contribution in [2.75, 3.05) is 0 Å². The molecule has 0 heterocycles. The van der Waals surface area contributed by atoms with Crippen molar-refractivity contribution in [3.63, 3.8) is 0 Å². The normalized spacial score (nSPS) is 20.1. The molecule has 1 aromatic rings. The molecule has 0 aromatic heterocycles. The molecule has 0 aliphatic heterocycles. The van der Waals surface area contributed by atoms with Crippen molar-refractivity contribution in [2.45, 2.75) is 77.7 Å². The van der Waals surface area contributed by atoms with Crippen LogP contribution in [0.25, 0.3) is 0 Å². The summed E-state index contributed by atoms with van der Waals surface area (Å²) in [6.07, 6.45) is 7.64. The van der Waals surface area contributed by atoms with Gasteiger partial charge in [-0.3, -0.25) is 0 Å². The van der Waals surface area contributed by atoms with Crippen LogP contribution < -0.4 is 5.73 Å². The monoisotopic (exact) mass is 273 g/mol. The van der Waals surface area contributed by atoms with Crippen LogP contribution in [0.4, 0.5) is 0 Å². The molecule has 112 valence electrons. The van der Waals surface area contributed by atoms with E-state index in [4.69, 9.17) is 5.73 Å². The van der Waals surface area contributed by atoms with Crippen LogP contribution in [0.5, 0.6) is 0 Å². The van der Waals surface area contributed by atoms with Gasteiger partial charge >= 0.3 is 0 Å². The van der Waals surface area contributed by atoms with Crippen LogP contribution in [0.1, 0.15) is 70.9 Å². The van der Waals surface area contributed by atoms with Crippen LogP contribution >= 0.6 is 0 Å². The lowest BCUT2D eigenvalue weighted by atomic mass is 9.74. The van der Waals surface area contributed by atoms with Crippen molar-refractivity contribution in [1.29, 1.82) is 0 Å². The summed E-state index contributed by atoms with van der Waals surface area (Å²) in [6.45, 7) is 9.10. The van der Waals surface area contributed by atoms with Crippen molar-refractivity contribution in [1.82, 2.24) is 0 Å². The summed E-state index contributed by atoms with van der Waals surface area (Å²) < 4.78 is 0. The van der Waals surface area contributed by atoms with Crippen molar-refractivity contribution in [3.05, 3.63) is 35.4 Å². The maximum Gasteiger partial charge on any atom is 0.0136 e. The first-order chi connectivity index (χ1) is 9.37. The average molecular weight is 273 g/mol. The number of rotatable bonds is 4. The second-order valence-electron chi connectivity index (χ2n) is 7.68. The largest absolute Gasteiger partial charge is 0.327 e. The Kier molecular flexibility index (Phi) is 4.59. The van der Waals surface area contributed by atoms with Gasteiger partial charge in [-0.15, -0.1) is 0 Å². The van der Waals surface area contributed by atoms with Gasteiger partial charge in [-0.05, 0) is 47.6 Å². The zero-order valence-electron chi connectivity index (χ0n) is 13.7. The predicted molar refractivity (Wildman–Crippen MR) is 88.0 cm³/mol. The summed E-state index contributed by atoms with van der Waals surface area (Å²) in [5.41, 5.74) is 10.0. The Labute approximate surface area is 125 Å². The number of benzene rings is 1. The topological polar surface area (TPSA) is 26.0 Å². The summed E-state index contributed by atoms with van der Waals surface area (Å²) in [6, 6.07) is 9.41. The highest BCUT2D eigenvalue weighted by Crippen LogP contribution is 2.44. The van der Waals surface area contributed by atoms with Crippen LogP contribution in [0.3, 0.4) is 0 Å². The lowest BCUT2D eigenvalue weighted by molar-refractivity contribution is 0.219. The second-order valence-corrected chi connectivity index (χ2v) is 7.68. The fourth-order valence-electron chi connectivity index (χ4n) is 3.68. The molecule has 1 aliphatic carbocycles. The van der Waals surface area contributed by atoms with Crippen LogP contribution in [-0.4, -0.2) is 6.04 Å². The van der Waals surface area contributed by atoms with Gasteiger partial charge in [-0.25, -0.2) is 0 Å². The van der Waals surface area contributed by atoms with E-state index in [1.807, 2.05) is 0 Å². The van der Waals surface area contributed by atoms with Gasteiger partial charge in [0.05, 0.1) is 0 Å². The Balaban J connectivity index is 2.06. The minimum atomic E-state index is 0.233. The highest BCUT2D eigenvalue weighted by atomic mass is 14.7. The summed E-state index contributed by atoms with van der Waals surface area (Å²) in [5, 5.41) is 0. The van der Waals surface area contributed by atoms with Gasteiger partial charge in [0.1, 0.15) is 0 Å². The Morgan fingerprint density at radius 3 is 2.10 bits per heavy atom. The quantitative estimate of drug-likeness (QED) is 0.836. The van der Waals surface area contributed by atoms with Gasteiger partial charge in [0, 0.05) is 6.04 Å². The molecule has 2 rings (SSSR count). The van der Waals surface area contributed by atoms with Crippen LogP contribution in [0, 0.1) is 5.41 Å². The van der Waals surface area contributed by atoms with E-state index in [9.17, 15) is 0 Å². The predicted octanol–water partition coefficient (Wildman–Crippen LogP) is 4.82. The van der Waals surface area contributed by atoms with Crippen LogP contribution in [-0.2, 0) is 11.8 Å². The Hall–Kier alpha value is -0.820. The van der Waals surface area contributed by atoms with Gasteiger partial charge < -0.3 is 5.73 Å². The van der Waals surface area contributed by atoms with Gasteiger partial charge in [0.25, 0.3) is 0 Å². The van der Waals surface area contributed by atoms with E-state index in [0.29, 0.717) is 11.5 Å². The number of hydrogen-bond donors (Lipinski definition) is 1. The molecular weight excluding hydrogens is 242 g/mol. The fourth-order valence-corrected chi connectivity index (χ4v) is 3.68. The van der Waals surface area contributed by atoms with E-state index >= 15 is 0 Å². The molecule has 1 heteroatoms.